The van der Waals surface area contributed by atoms with Crippen molar-refractivity contribution < 1.29 is 9.59 Å². The van der Waals surface area contributed by atoms with E-state index in [1.165, 1.54) is 0 Å². The number of amides is 1. The van der Waals surface area contributed by atoms with Crippen molar-refractivity contribution in [1.29, 1.82) is 0 Å². The molecule has 0 bridgehead atoms. The Kier molecular flexibility index (Phi) is 5.93. The van der Waals surface area contributed by atoms with Gasteiger partial charge in [-0.05, 0) is 6.92 Å². The Balaban J connectivity index is 3.03. The normalized spacial score (nSPS) is 9.55. The molecule has 64 valence electrons. The van der Waals surface area contributed by atoms with Crippen LogP contribution in [0.2, 0.25) is 0 Å². The van der Waals surface area contributed by atoms with Gasteiger partial charge in [-0.2, -0.15) is 11.8 Å². The average molecular weight is 175 g/mol. The second kappa shape index (κ2) is 6.22. The van der Waals surface area contributed by atoms with E-state index in [-0.39, 0.29) is 11.7 Å². The SMILES string of the molecule is CC(=O)CCSCCC(N)=O. The fourth-order valence-electron chi connectivity index (χ4n) is 0.491. The van der Waals surface area contributed by atoms with Crippen LogP contribution in [-0.4, -0.2) is 23.2 Å². The van der Waals surface area contributed by atoms with Gasteiger partial charge >= 0.3 is 0 Å². The van der Waals surface area contributed by atoms with Crippen LogP contribution in [0.5, 0.6) is 0 Å². The first-order valence-electron chi connectivity index (χ1n) is 3.48. The third-order valence-corrected chi connectivity index (χ3v) is 2.08. The molecule has 0 unspecified atom stereocenters. The highest BCUT2D eigenvalue weighted by molar-refractivity contribution is 7.99. The van der Waals surface area contributed by atoms with E-state index in [1.807, 2.05) is 0 Å². The quantitative estimate of drug-likeness (QED) is 0.600. The van der Waals surface area contributed by atoms with Crippen molar-refractivity contribution in [2.45, 2.75) is 19.8 Å². The molecular formula is C7H13NO2S. The Bertz CT molecular complexity index is 131. The van der Waals surface area contributed by atoms with E-state index in [2.05, 4.69) is 0 Å². The predicted molar refractivity (Wildman–Crippen MR) is 46.4 cm³/mol. The molecule has 0 fully saturated rings. The van der Waals surface area contributed by atoms with Crippen LogP contribution in [0.25, 0.3) is 0 Å². The molecule has 0 saturated heterocycles. The molecule has 0 radical (unpaired) electrons. The molecule has 0 aromatic carbocycles. The third-order valence-electron chi connectivity index (χ3n) is 1.09. The van der Waals surface area contributed by atoms with Gasteiger partial charge in [0.2, 0.25) is 5.91 Å². The minimum absolute atomic E-state index is 0.191. The summed E-state index contributed by atoms with van der Waals surface area (Å²) in [5.74, 6) is 1.43. The highest BCUT2D eigenvalue weighted by Gasteiger charge is 1.96. The molecule has 0 aromatic rings. The molecule has 0 saturated carbocycles. The first-order chi connectivity index (χ1) is 5.13. The number of nitrogens with two attached hydrogens (primary N) is 1. The van der Waals surface area contributed by atoms with Crippen molar-refractivity contribution in [3.05, 3.63) is 0 Å². The van der Waals surface area contributed by atoms with Crippen molar-refractivity contribution in [3.63, 3.8) is 0 Å². The molecule has 0 aliphatic rings. The van der Waals surface area contributed by atoms with Gasteiger partial charge in [0.1, 0.15) is 5.78 Å². The summed E-state index contributed by atoms with van der Waals surface area (Å²) in [7, 11) is 0. The Morgan fingerprint density at radius 2 is 1.82 bits per heavy atom. The van der Waals surface area contributed by atoms with Crippen LogP contribution in [0.1, 0.15) is 19.8 Å². The zero-order chi connectivity index (χ0) is 8.69. The third kappa shape index (κ3) is 9.49. The van der Waals surface area contributed by atoms with E-state index < -0.39 is 0 Å². The lowest BCUT2D eigenvalue weighted by Crippen LogP contribution is -2.11. The van der Waals surface area contributed by atoms with Crippen molar-refractivity contribution in [2.24, 2.45) is 5.73 Å². The first kappa shape index (κ1) is 10.5. The van der Waals surface area contributed by atoms with Crippen molar-refractivity contribution in [1.82, 2.24) is 0 Å². The fourth-order valence-corrected chi connectivity index (χ4v) is 1.47. The Morgan fingerprint density at radius 3 is 2.27 bits per heavy atom. The molecule has 0 spiro atoms. The molecule has 0 atom stereocenters. The second-order valence-corrected chi connectivity index (χ2v) is 3.51. The summed E-state index contributed by atoms with van der Waals surface area (Å²) in [5, 5.41) is 0. The monoisotopic (exact) mass is 175 g/mol. The van der Waals surface area contributed by atoms with Crippen molar-refractivity contribution in [3.8, 4) is 0 Å². The van der Waals surface area contributed by atoms with Crippen LogP contribution in [0.15, 0.2) is 0 Å². The van der Waals surface area contributed by atoms with Gasteiger partial charge in [0, 0.05) is 24.3 Å². The van der Waals surface area contributed by atoms with Crippen LogP contribution >= 0.6 is 11.8 Å². The van der Waals surface area contributed by atoms with Crippen molar-refractivity contribution >= 4 is 23.5 Å². The Labute approximate surface area is 70.7 Å². The topological polar surface area (TPSA) is 60.2 Å². The number of hydrogen-bond donors (Lipinski definition) is 1. The van der Waals surface area contributed by atoms with Crippen LogP contribution < -0.4 is 5.73 Å². The van der Waals surface area contributed by atoms with Crippen molar-refractivity contribution in [2.75, 3.05) is 11.5 Å². The van der Waals surface area contributed by atoms with E-state index in [0.29, 0.717) is 12.8 Å². The molecule has 2 N–H and O–H groups in total. The molecule has 1 amide bonds. The summed E-state index contributed by atoms with van der Waals surface area (Å²) in [4.78, 5) is 20.7. The molecule has 0 aliphatic heterocycles. The number of hydrogen-bond acceptors (Lipinski definition) is 3. The summed E-state index contributed by atoms with van der Waals surface area (Å²) in [6.45, 7) is 1.56. The van der Waals surface area contributed by atoms with Gasteiger partial charge in [-0.25, -0.2) is 0 Å². The van der Waals surface area contributed by atoms with Gasteiger partial charge in [-0.3, -0.25) is 9.59 Å². The van der Waals surface area contributed by atoms with Gasteiger partial charge in [0.05, 0.1) is 0 Å². The number of primary amides is 1. The van der Waals surface area contributed by atoms with E-state index in [9.17, 15) is 9.59 Å². The minimum atomic E-state index is -0.277. The molecule has 0 aromatic heterocycles. The average Bonchev–Trinajstić information content (AvgIpc) is 1.85. The number of Topliss-reactive ketones (excluding diaryl/α,β-unsaturated/α-hetero) is 1. The number of carbonyl (C=O) groups excluding carboxylic acids is 2. The van der Waals surface area contributed by atoms with E-state index in [1.54, 1.807) is 18.7 Å². The lowest BCUT2D eigenvalue weighted by Gasteiger charge is -1.95. The van der Waals surface area contributed by atoms with Crippen LogP contribution in [0.3, 0.4) is 0 Å². The Hall–Kier alpha value is -0.510. The smallest absolute Gasteiger partial charge is 0.218 e. The molecule has 0 aliphatic carbocycles. The molecule has 11 heavy (non-hydrogen) atoms. The van der Waals surface area contributed by atoms with E-state index >= 15 is 0 Å². The molecule has 0 rings (SSSR count). The highest BCUT2D eigenvalue weighted by atomic mass is 32.2. The maximum Gasteiger partial charge on any atom is 0.218 e. The largest absolute Gasteiger partial charge is 0.370 e. The maximum absolute atomic E-state index is 10.4. The summed E-state index contributed by atoms with van der Waals surface area (Å²) in [6, 6.07) is 0. The number of carbonyl (C=O) groups is 2. The molecule has 3 nitrogen and oxygen atoms in total. The van der Waals surface area contributed by atoms with Gasteiger partial charge in [0.25, 0.3) is 0 Å². The number of thioether (sulfide) groups is 1. The summed E-state index contributed by atoms with van der Waals surface area (Å²) < 4.78 is 0. The predicted octanol–water partition coefficient (Wildman–Crippen LogP) is 0.574. The molecule has 4 heteroatoms. The second-order valence-electron chi connectivity index (χ2n) is 2.28. The minimum Gasteiger partial charge on any atom is -0.370 e. The van der Waals surface area contributed by atoms with Gasteiger partial charge in [-0.1, -0.05) is 0 Å². The van der Waals surface area contributed by atoms with Crippen LogP contribution in [0.4, 0.5) is 0 Å². The zero-order valence-corrected chi connectivity index (χ0v) is 7.45. The fraction of sp³-hybridized carbons (Fsp3) is 0.714. The molecule has 0 heterocycles. The standard InChI is InChI=1S/C7H13NO2S/c1-6(9)2-4-11-5-3-7(8)10/h2-5H2,1H3,(H2,8,10). The number of rotatable bonds is 6. The molecular weight excluding hydrogens is 162 g/mol. The van der Waals surface area contributed by atoms with Gasteiger partial charge in [-0.15, -0.1) is 0 Å². The lowest BCUT2D eigenvalue weighted by molar-refractivity contribution is -0.118. The van der Waals surface area contributed by atoms with Gasteiger partial charge < -0.3 is 5.73 Å². The maximum atomic E-state index is 10.4. The summed E-state index contributed by atoms with van der Waals surface area (Å²) in [5.41, 5.74) is 4.92. The summed E-state index contributed by atoms with van der Waals surface area (Å²) in [6.07, 6.45) is 0.992. The Morgan fingerprint density at radius 1 is 1.27 bits per heavy atom. The summed E-state index contributed by atoms with van der Waals surface area (Å²) >= 11 is 1.59. The van der Waals surface area contributed by atoms with E-state index in [4.69, 9.17) is 5.73 Å². The van der Waals surface area contributed by atoms with Gasteiger partial charge in [0.15, 0.2) is 0 Å². The van der Waals surface area contributed by atoms with E-state index in [0.717, 1.165) is 11.5 Å². The van der Waals surface area contributed by atoms with Crippen LogP contribution in [0, 0.1) is 0 Å². The first-order valence-corrected chi connectivity index (χ1v) is 4.64. The number of ketones is 1. The lowest BCUT2D eigenvalue weighted by atomic mass is 10.4. The van der Waals surface area contributed by atoms with Crippen LogP contribution in [-0.2, 0) is 9.59 Å². The zero-order valence-electron chi connectivity index (χ0n) is 6.63. The highest BCUT2D eigenvalue weighted by Crippen LogP contribution is 2.03.